The van der Waals surface area contributed by atoms with Gasteiger partial charge in [-0.2, -0.15) is 0 Å². The Morgan fingerprint density at radius 1 is 1.65 bits per heavy atom. The topological polar surface area (TPSA) is 50.2 Å². The summed E-state index contributed by atoms with van der Waals surface area (Å²) in [7, 11) is 0. The van der Waals surface area contributed by atoms with E-state index in [2.05, 4.69) is 20.9 Å². The smallest absolute Gasteiger partial charge is 0.303 e. The van der Waals surface area contributed by atoms with Gasteiger partial charge in [0, 0.05) is 16.4 Å². The average Bonchev–Trinajstić information content (AvgIpc) is 2.96. The summed E-state index contributed by atoms with van der Waals surface area (Å²) in [6.45, 7) is 0. The highest BCUT2D eigenvalue weighted by Gasteiger charge is 2.44. The molecule has 0 amide bonds. The summed E-state index contributed by atoms with van der Waals surface area (Å²) in [6.07, 6.45) is 3.92. The Morgan fingerprint density at radius 3 is 2.88 bits per heavy atom. The van der Waals surface area contributed by atoms with Crippen molar-refractivity contribution in [3.63, 3.8) is 0 Å². The molecular weight excluding hydrogens is 326 g/mol. The van der Waals surface area contributed by atoms with Gasteiger partial charge < -0.3 is 5.11 Å². The number of thioether (sulfide) groups is 1. The molecule has 92 valence electrons. The molecular formula is C11H11BrClNO2S. The van der Waals surface area contributed by atoms with Crippen LogP contribution in [-0.2, 0) is 4.79 Å². The van der Waals surface area contributed by atoms with E-state index in [0.717, 1.165) is 28.1 Å². The van der Waals surface area contributed by atoms with Crippen LogP contribution in [0.5, 0.6) is 0 Å². The molecule has 6 heteroatoms. The largest absolute Gasteiger partial charge is 0.481 e. The lowest BCUT2D eigenvalue weighted by Crippen LogP contribution is -2.11. The average molecular weight is 337 g/mol. The highest BCUT2D eigenvalue weighted by atomic mass is 79.9. The highest BCUT2D eigenvalue weighted by molar-refractivity contribution is 9.10. The van der Waals surface area contributed by atoms with Gasteiger partial charge in [0.05, 0.1) is 11.4 Å². The third-order valence-electron chi connectivity index (χ3n) is 2.77. The third kappa shape index (κ3) is 3.60. The Balaban J connectivity index is 1.96. The molecule has 0 radical (unpaired) electrons. The second-order valence-electron chi connectivity index (χ2n) is 4.30. The third-order valence-corrected chi connectivity index (χ3v) is 4.96. The van der Waals surface area contributed by atoms with Crippen molar-refractivity contribution < 1.29 is 9.90 Å². The second-order valence-corrected chi connectivity index (χ2v) is 6.59. The van der Waals surface area contributed by atoms with Gasteiger partial charge in [-0.1, -0.05) is 11.6 Å². The Morgan fingerprint density at radius 2 is 2.35 bits per heavy atom. The summed E-state index contributed by atoms with van der Waals surface area (Å²) >= 11 is 10.9. The zero-order valence-electron chi connectivity index (χ0n) is 8.95. The lowest BCUT2D eigenvalue weighted by atomic mass is 10.1. The second kappa shape index (κ2) is 5.16. The lowest BCUT2D eigenvalue weighted by molar-refractivity contribution is -0.138. The van der Waals surface area contributed by atoms with E-state index >= 15 is 0 Å². The van der Waals surface area contributed by atoms with Gasteiger partial charge in [-0.15, -0.1) is 11.8 Å². The van der Waals surface area contributed by atoms with Crippen molar-refractivity contribution in [2.45, 2.75) is 24.3 Å². The molecule has 1 N–H and O–H groups in total. The predicted molar refractivity (Wildman–Crippen MR) is 71.6 cm³/mol. The molecule has 1 aromatic rings. The summed E-state index contributed by atoms with van der Waals surface area (Å²) in [6, 6.07) is 1.80. The number of hydrogen-bond donors (Lipinski definition) is 1. The van der Waals surface area contributed by atoms with Crippen LogP contribution in [0.1, 0.15) is 19.3 Å². The maximum Gasteiger partial charge on any atom is 0.303 e. The van der Waals surface area contributed by atoms with Crippen LogP contribution in [0.4, 0.5) is 0 Å². The highest BCUT2D eigenvalue weighted by Crippen LogP contribution is 2.52. The predicted octanol–water partition coefficient (Wildman–Crippen LogP) is 3.84. The molecule has 1 aliphatic carbocycles. The fourth-order valence-corrected chi connectivity index (χ4v) is 3.55. The van der Waals surface area contributed by atoms with E-state index in [0.29, 0.717) is 5.02 Å². The van der Waals surface area contributed by atoms with E-state index in [9.17, 15) is 4.79 Å². The van der Waals surface area contributed by atoms with Crippen LogP contribution in [0.3, 0.4) is 0 Å². The van der Waals surface area contributed by atoms with E-state index in [1.165, 1.54) is 11.8 Å². The molecule has 0 atom stereocenters. The van der Waals surface area contributed by atoms with Crippen LogP contribution in [0, 0.1) is 5.41 Å². The van der Waals surface area contributed by atoms with Crippen LogP contribution >= 0.6 is 39.3 Å². The first-order chi connectivity index (χ1) is 8.01. The molecule has 17 heavy (non-hydrogen) atoms. The van der Waals surface area contributed by atoms with E-state index < -0.39 is 5.97 Å². The first-order valence-electron chi connectivity index (χ1n) is 5.16. The maximum absolute atomic E-state index is 10.7. The molecule has 1 fully saturated rings. The molecule has 1 aromatic heterocycles. The van der Waals surface area contributed by atoms with Crippen molar-refractivity contribution in [1.82, 2.24) is 4.98 Å². The van der Waals surface area contributed by atoms with E-state index in [1.54, 1.807) is 12.3 Å². The Bertz CT molecular complexity index is 451. The number of carbonyl (C=O) groups is 1. The van der Waals surface area contributed by atoms with E-state index in [1.807, 2.05) is 0 Å². The molecule has 0 aliphatic heterocycles. The van der Waals surface area contributed by atoms with Crippen molar-refractivity contribution in [2.24, 2.45) is 5.41 Å². The van der Waals surface area contributed by atoms with E-state index in [4.69, 9.17) is 16.7 Å². The molecule has 0 saturated heterocycles. The Hall–Kier alpha value is -0.260. The minimum absolute atomic E-state index is 0.0332. The van der Waals surface area contributed by atoms with Crippen LogP contribution in [0.2, 0.25) is 5.02 Å². The number of rotatable bonds is 5. The molecule has 1 heterocycles. The molecule has 0 bridgehead atoms. The zero-order valence-corrected chi connectivity index (χ0v) is 12.1. The summed E-state index contributed by atoms with van der Waals surface area (Å²) in [5.74, 6) is 0.0474. The molecule has 2 rings (SSSR count). The maximum atomic E-state index is 10.7. The number of carboxylic acid groups (broad SMARTS) is 1. The van der Waals surface area contributed by atoms with Crippen LogP contribution < -0.4 is 0 Å². The summed E-state index contributed by atoms with van der Waals surface area (Å²) < 4.78 is 0.846. The van der Waals surface area contributed by atoms with E-state index in [-0.39, 0.29) is 11.8 Å². The quantitative estimate of drug-likeness (QED) is 0.830. The van der Waals surface area contributed by atoms with Crippen LogP contribution in [-0.4, -0.2) is 21.8 Å². The standard InChI is InChI=1S/C11H11BrClNO2S/c12-7-3-8(13)10(14-5-7)17-6-11(1-2-11)4-9(15)16/h3,5H,1-2,4,6H2,(H,15,16). The summed E-state index contributed by atoms with van der Waals surface area (Å²) in [5.41, 5.74) is -0.0332. The zero-order chi connectivity index (χ0) is 12.5. The van der Waals surface area contributed by atoms with Crippen molar-refractivity contribution in [2.75, 3.05) is 5.75 Å². The van der Waals surface area contributed by atoms with Crippen LogP contribution in [0.15, 0.2) is 21.8 Å². The Labute approximate surface area is 117 Å². The summed E-state index contributed by atoms with van der Waals surface area (Å²) in [5, 5.41) is 10.2. The van der Waals surface area contributed by atoms with Gasteiger partial charge in [-0.3, -0.25) is 4.79 Å². The summed E-state index contributed by atoms with van der Waals surface area (Å²) in [4.78, 5) is 14.9. The van der Waals surface area contributed by atoms with Crippen LogP contribution in [0.25, 0.3) is 0 Å². The molecule has 0 unspecified atom stereocenters. The van der Waals surface area contributed by atoms with Crippen molar-refractivity contribution in [3.05, 3.63) is 21.8 Å². The normalized spacial score (nSPS) is 16.8. The van der Waals surface area contributed by atoms with Gasteiger partial charge in [-0.25, -0.2) is 4.98 Å². The molecule has 0 spiro atoms. The number of hydrogen-bond acceptors (Lipinski definition) is 3. The first-order valence-corrected chi connectivity index (χ1v) is 7.32. The number of carboxylic acids is 1. The first kappa shape index (κ1) is 13.2. The monoisotopic (exact) mass is 335 g/mol. The fourth-order valence-electron chi connectivity index (χ4n) is 1.60. The van der Waals surface area contributed by atoms with Gasteiger partial charge in [-0.05, 0) is 40.3 Å². The van der Waals surface area contributed by atoms with Gasteiger partial charge in [0.1, 0.15) is 5.03 Å². The molecule has 3 nitrogen and oxygen atoms in total. The van der Waals surface area contributed by atoms with Gasteiger partial charge in [0.2, 0.25) is 0 Å². The van der Waals surface area contributed by atoms with Gasteiger partial charge in [0.15, 0.2) is 0 Å². The van der Waals surface area contributed by atoms with Gasteiger partial charge >= 0.3 is 5.97 Å². The lowest BCUT2D eigenvalue weighted by Gasteiger charge is -2.11. The van der Waals surface area contributed by atoms with Crippen molar-refractivity contribution in [1.29, 1.82) is 0 Å². The minimum Gasteiger partial charge on any atom is -0.481 e. The number of nitrogens with zero attached hydrogens (tertiary/aromatic N) is 1. The van der Waals surface area contributed by atoms with Crippen molar-refractivity contribution in [3.8, 4) is 0 Å². The van der Waals surface area contributed by atoms with Crippen molar-refractivity contribution >= 4 is 45.3 Å². The molecule has 1 saturated carbocycles. The number of aliphatic carboxylic acids is 1. The minimum atomic E-state index is -0.724. The fraction of sp³-hybridized carbons (Fsp3) is 0.455. The SMILES string of the molecule is O=C(O)CC1(CSc2ncc(Br)cc2Cl)CC1. The number of halogens is 2. The van der Waals surface area contributed by atoms with Gasteiger partial charge in [0.25, 0.3) is 0 Å². The Kier molecular flexibility index (Phi) is 4.00. The number of aromatic nitrogens is 1. The molecule has 0 aromatic carbocycles. The number of pyridine rings is 1. The molecule has 1 aliphatic rings.